The molecule has 94 valence electrons. The summed E-state index contributed by atoms with van der Waals surface area (Å²) in [5.74, 6) is -0.710. The Morgan fingerprint density at radius 2 is 2.11 bits per heavy atom. The van der Waals surface area contributed by atoms with E-state index in [4.69, 9.17) is 17.3 Å². The largest absolute Gasteiger partial charge is 0.368 e. The standard InChI is InChI=1S/C11H9ClF2N4/c12-8-5-17-11(15)18-10(8)16-4-6-3-7(13)1-2-9(6)14/h1-3,5H,4H2,(H3,15,16,17,18). The molecule has 0 amide bonds. The van der Waals surface area contributed by atoms with E-state index < -0.39 is 11.6 Å². The summed E-state index contributed by atoms with van der Waals surface area (Å²) < 4.78 is 26.3. The van der Waals surface area contributed by atoms with Crippen LogP contribution in [0.1, 0.15) is 5.56 Å². The summed E-state index contributed by atoms with van der Waals surface area (Å²) in [5, 5.41) is 3.02. The number of nitrogens with one attached hydrogen (secondary N) is 1. The summed E-state index contributed by atoms with van der Waals surface area (Å²) in [5.41, 5.74) is 5.57. The van der Waals surface area contributed by atoms with Gasteiger partial charge >= 0.3 is 0 Å². The number of anilines is 2. The van der Waals surface area contributed by atoms with Crippen molar-refractivity contribution in [2.75, 3.05) is 11.1 Å². The molecule has 0 unspecified atom stereocenters. The van der Waals surface area contributed by atoms with E-state index in [1.165, 1.54) is 6.20 Å². The topological polar surface area (TPSA) is 63.8 Å². The van der Waals surface area contributed by atoms with Gasteiger partial charge in [-0.15, -0.1) is 0 Å². The Morgan fingerprint density at radius 3 is 2.89 bits per heavy atom. The Morgan fingerprint density at radius 1 is 1.33 bits per heavy atom. The van der Waals surface area contributed by atoms with Crippen molar-refractivity contribution >= 4 is 23.4 Å². The summed E-state index contributed by atoms with van der Waals surface area (Å²) in [4.78, 5) is 7.53. The molecule has 0 atom stereocenters. The SMILES string of the molecule is Nc1ncc(Cl)c(NCc2cc(F)ccc2F)n1. The van der Waals surface area contributed by atoms with Crippen LogP contribution in [0.2, 0.25) is 5.02 Å². The van der Waals surface area contributed by atoms with Gasteiger partial charge in [-0.05, 0) is 18.2 Å². The fourth-order valence-corrected chi connectivity index (χ4v) is 1.52. The molecular formula is C11H9ClF2N4. The summed E-state index contributed by atoms with van der Waals surface area (Å²) in [6.07, 6.45) is 1.33. The molecule has 0 fully saturated rings. The average molecular weight is 271 g/mol. The minimum Gasteiger partial charge on any atom is -0.368 e. The number of hydrogen-bond donors (Lipinski definition) is 2. The van der Waals surface area contributed by atoms with Crippen molar-refractivity contribution in [3.05, 3.63) is 46.6 Å². The average Bonchev–Trinajstić information content (AvgIpc) is 2.34. The second-order valence-corrected chi connectivity index (χ2v) is 3.92. The lowest BCUT2D eigenvalue weighted by molar-refractivity contribution is 0.587. The van der Waals surface area contributed by atoms with Crippen molar-refractivity contribution in [2.45, 2.75) is 6.54 Å². The van der Waals surface area contributed by atoms with Crippen LogP contribution in [-0.2, 0) is 6.54 Å². The van der Waals surface area contributed by atoms with E-state index in [1.807, 2.05) is 0 Å². The van der Waals surface area contributed by atoms with Crippen LogP contribution in [0, 0.1) is 11.6 Å². The van der Waals surface area contributed by atoms with Crippen molar-refractivity contribution in [3.8, 4) is 0 Å². The molecule has 0 saturated heterocycles. The van der Waals surface area contributed by atoms with Crippen molar-refractivity contribution in [2.24, 2.45) is 0 Å². The quantitative estimate of drug-likeness (QED) is 0.900. The zero-order valence-corrected chi connectivity index (χ0v) is 9.88. The predicted molar refractivity (Wildman–Crippen MR) is 65.1 cm³/mol. The molecule has 1 aromatic heterocycles. The smallest absolute Gasteiger partial charge is 0.222 e. The lowest BCUT2D eigenvalue weighted by Crippen LogP contribution is -2.06. The number of nitrogens with two attached hydrogens (primary N) is 1. The lowest BCUT2D eigenvalue weighted by Gasteiger charge is -2.08. The van der Waals surface area contributed by atoms with E-state index in [2.05, 4.69) is 15.3 Å². The van der Waals surface area contributed by atoms with E-state index in [9.17, 15) is 8.78 Å². The van der Waals surface area contributed by atoms with Gasteiger partial charge in [0.15, 0.2) is 5.82 Å². The molecule has 0 radical (unpaired) electrons. The molecule has 2 aromatic rings. The Balaban J connectivity index is 2.16. The molecule has 1 aromatic carbocycles. The summed E-state index contributed by atoms with van der Waals surface area (Å²) in [6.45, 7) is 0.0414. The van der Waals surface area contributed by atoms with Gasteiger partial charge in [0.2, 0.25) is 5.95 Å². The number of rotatable bonds is 3. The molecule has 4 nitrogen and oxygen atoms in total. The first-order valence-electron chi connectivity index (χ1n) is 5.02. The van der Waals surface area contributed by atoms with Gasteiger partial charge in [0.1, 0.15) is 16.7 Å². The van der Waals surface area contributed by atoms with Gasteiger partial charge in [0.25, 0.3) is 0 Å². The first-order chi connectivity index (χ1) is 8.56. The maximum absolute atomic E-state index is 13.4. The Labute approximate surface area is 107 Å². The fraction of sp³-hybridized carbons (Fsp3) is 0.0909. The van der Waals surface area contributed by atoms with Crippen LogP contribution in [0.25, 0.3) is 0 Å². The second-order valence-electron chi connectivity index (χ2n) is 3.51. The third kappa shape index (κ3) is 2.84. The van der Waals surface area contributed by atoms with Crippen LogP contribution in [0.5, 0.6) is 0 Å². The number of halogens is 3. The van der Waals surface area contributed by atoms with Crippen LogP contribution in [0.4, 0.5) is 20.5 Å². The molecule has 0 aliphatic rings. The Kier molecular flexibility index (Phi) is 3.57. The minimum absolute atomic E-state index is 0.0414. The molecular weight excluding hydrogens is 262 g/mol. The fourth-order valence-electron chi connectivity index (χ4n) is 1.36. The number of benzene rings is 1. The summed E-state index contributed by atoms with van der Waals surface area (Å²) >= 11 is 5.82. The zero-order valence-electron chi connectivity index (χ0n) is 9.12. The first kappa shape index (κ1) is 12.5. The Bertz CT molecular complexity index is 525. The molecule has 3 N–H and O–H groups in total. The Hall–Kier alpha value is -1.95. The molecule has 0 aliphatic carbocycles. The van der Waals surface area contributed by atoms with Crippen LogP contribution >= 0.6 is 11.6 Å². The number of aromatic nitrogens is 2. The highest BCUT2D eigenvalue weighted by molar-refractivity contribution is 6.32. The van der Waals surface area contributed by atoms with Gasteiger partial charge in [0.05, 0.1) is 6.20 Å². The van der Waals surface area contributed by atoms with E-state index >= 15 is 0 Å². The lowest BCUT2D eigenvalue weighted by atomic mass is 10.2. The molecule has 0 bridgehead atoms. The molecule has 7 heteroatoms. The highest BCUT2D eigenvalue weighted by atomic mass is 35.5. The molecule has 1 heterocycles. The van der Waals surface area contributed by atoms with E-state index in [-0.39, 0.29) is 28.9 Å². The van der Waals surface area contributed by atoms with Crippen LogP contribution in [-0.4, -0.2) is 9.97 Å². The van der Waals surface area contributed by atoms with E-state index in [0.717, 1.165) is 18.2 Å². The van der Waals surface area contributed by atoms with Crippen LogP contribution in [0.15, 0.2) is 24.4 Å². The van der Waals surface area contributed by atoms with Gasteiger partial charge in [-0.25, -0.2) is 13.8 Å². The normalized spacial score (nSPS) is 10.4. The molecule has 0 aliphatic heterocycles. The third-order valence-corrected chi connectivity index (χ3v) is 2.49. The van der Waals surface area contributed by atoms with Gasteiger partial charge in [-0.1, -0.05) is 11.6 Å². The third-order valence-electron chi connectivity index (χ3n) is 2.22. The second kappa shape index (κ2) is 5.14. The van der Waals surface area contributed by atoms with Crippen LogP contribution in [0.3, 0.4) is 0 Å². The molecule has 0 spiro atoms. The first-order valence-corrected chi connectivity index (χ1v) is 5.40. The molecule has 2 rings (SSSR count). The maximum atomic E-state index is 13.4. The highest BCUT2D eigenvalue weighted by Gasteiger charge is 2.07. The van der Waals surface area contributed by atoms with E-state index in [0.29, 0.717) is 0 Å². The summed E-state index contributed by atoms with van der Waals surface area (Å²) in [7, 11) is 0. The van der Waals surface area contributed by atoms with Crippen molar-refractivity contribution in [1.82, 2.24) is 9.97 Å². The van der Waals surface area contributed by atoms with Crippen LogP contribution < -0.4 is 11.1 Å². The molecule has 18 heavy (non-hydrogen) atoms. The number of hydrogen-bond acceptors (Lipinski definition) is 4. The van der Waals surface area contributed by atoms with Gasteiger partial charge in [-0.3, -0.25) is 0 Å². The monoisotopic (exact) mass is 270 g/mol. The predicted octanol–water partition coefficient (Wildman–Crippen LogP) is 2.60. The van der Waals surface area contributed by atoms with Gasteiger partial charge < -0.3 is 11.1 Å². The zero-order chi connectivity index (χ0) is 13.1. The van der Waals surface area contributed by atoms with Gasteiger partial charge in [0, 0.05) is 12.1 Å². The van der Waals surface area contributed by atoms with E-state index in [1.54, 1.807) is 0 Å². The minimum atomic E-state index is -0.513. The highest BCUT2D eigenvalue weighted by Crippen LogP contribution is 2.20. The van der Waals surface area contributed by atoms with Gasteiger partial charge in [-0.2, -0.15) is 4.98 Å². The van der Waals surface area contributed by atoms with Crippen molar-refractivity contribution in [3.63, 3.8) is 0 Å². The maximum Gasteiger partial charge on any atom is 0.222 e. The molecule has 0 saturated carbocycles. The number of nitrogens with zero attached hydrogens (tertiary/aromatic N) is 2. The van der Waals surface area contributed by atoms with Crippen molar-refractivity contribution < 1.29 is 8.78 Å². The van der Waals surface area contributed by atoms with Crippen molar-refractivity contribution in [1.29, 1.82) is 0 Å². The summed E-state index contributed by atoms with van der Waals surface area (Å²) in [6, 6.07) is 3.21. The number of nitrogen functional groups attached to an aromatic ring is 1.